The molecule has 28 heavy (non-hydrogen) atoms. The lowest BCUT2D eigenvalue weighted by atomic mass is 10.0. The second-order valence-electron chi connectivity index (χ2n) is 6.39. The van der Waals surface area contributed by atoms with Gasteiger partial charge in [0.05, 0.1) is 11.6 Å². The zero-order valence-electron chi connectivity index (χ0n) is 15.4. The number of alkyl halides is 3. The number of hydrogen-bond acceptors (Lipinski definition) is 6. The Balaban J connectivity index is 1.83. The van der Waals surface area contributed by atoms with E-state index >= 15 is 0 Å². The maximum atomic E-state index is 13.0. The number of nitrogens with zero attached hydrogens (tertiary/aromatic N) is 5. The standard InChI is InChI=1S/C18H20F3N7/c1-27(2)14(12-5-3-6-13(9-12)18(19,20)21)10-23-16-15(22)17(25-11-24-16)28-8-4-7-26-28/h3-9,11,14H,10,22H2,1-2H3,(H,23,24,25). The average Bonchev–Trinajstić information content (AvgIpc) is 3.17. The van der Waals surface area contributed by atoms with Gasteiger partial charge in [-0.3, -0.25) is 0 Å². The van der Waals surface area contributed by atoms with Crippen LogP contribution in [0.3, 0.4) is 0 Å². The largest absolute Gasteiger partial charge is 0.416 e. The zero-order chi connectivity index (χ0) is 20.3. The van der Waals surface area contributed by atoms with Crippen molar-refractivity contribution in [2.75, 3.05) is 31.7 Å². The molecule has 0 aliphatic rings. The summed E-state index contributed by atoms with van der Waals surface area (Å²) in [6.07, 6.45) is 0.263. The van der Waals surface area contributed by atoms with Gasteiger partial charge in [-0.25, -0.2) is 14.6 Å². The number of hydrogen-bond donors (Lipinski definition) is 2. The fourth-order valence-corrected chi connectivity index (χ4v) is 2.82. The lowest BCUT2D eigenvalue weighted by Crippen LogP contribution is -2.27. The number of benzene rings is 1. The Hall–Kier alpha value is -3.14. The first-order valence-corrected chi connectivity index (χ1v) is 8.45. The summed E-state index contributed by atoms with van der Waals surface area (Å²) in [5.41, 5.74) is 6.30. The Morgan fingerprint density at radius 2 is 2.00 bits per heavy atom. The van der Waals surface area contributed by atoms with Crippen LogP contribution in [-0.2, 0) is 6.18 Å². The number of nitrogens with two attached hydrogens (primary N) is 1. The summed E-state index contributed by atoms with van der Waals surface area (Å²) < 4.78 is 40.6. The number of likely N-dealkylation sites (N-methyl/N-ethyl adjacent to an activating group) is 1. The van der Waals surface area contributed by atoms with Gasteiger partial charge in [0.1, 0.15) is 12.0 Å². The van der Waals surface area contributed by atoms with Crippen LogP contribution in [-0.4, -0.2) is 45.3 Å². The maximum Gasteiger partial charge on any atom is 0.416 e. The summed E-state index contributed by atoms with van der Waals surface area (Å²) >= 11 is 0. The molecule has 1 aromatic carbocycles. The van der Waals surface area contributed by atoms with E-state index < -0.39 is 11.7 Å². The van der Waals surface area contributed by atoms with Crippen LogP contribution in [0, 0.1) is 0 Å². The van der Waals surface area contributed by atoms with Crippen LogP contribution in [0.1, 0.15) is 17.2 Å². The van der Waals surface area contributed by atoms with E-state index in [0.717, 1.165) is 12.1 Å². The van der Waals surface area contributed by atoms with Crippen molar-refractivity contribution in [2.24, 2.45) is 0 Å². The molecule has 10 heteroatoms. The molecule has 0 aliphatic heterocycles. The van der Waals surface area contributed by atoms with E-state index in [0.29, 0.717) is 29.4 Å². The molecular formula is C18H20F3N7. The third kappa shape index (κ3) is 4.22. The first-order valence-electron chi connectivity index (χ1n) is 8.45. The summed E-state index contributed by atoms with van der Waals surface area (Å²) in [7, 11) is 3.59. The molecule has 0 spiro atoms. The van der Waals surface area contributed by atoms with Crippen molar-refractivity contribution >= 4 is 11.5 Å². The molecule has 148 valence electrons. The van der Waals surface area contributed by atoms with Crippen molar-refractivity contribution in [3.05, 3.63) is 60.2 Å². The number of anilines is 2. The van der Waals surface area contributed by atoms with Crippen LogP contribution in [0.2, 0.25) is 0 Å². The minimum atomic E-state index is -4.39. The van der Waals surface area contributed by atoms with Crippen molar-refractivity contribution in [2.45, 2.75) is 12.2 Å². The highest BCUT2D eigenvalue weighted by atomic mass is 19.4. The summed E-state index contributed by atoms with van der Waals surface area (Å²) in [5.74, 6) is 0.808. The van der Waals surface area contributed by atoms with Crippen molar-refractivity contribution in [3.63, 3.8) is 0 Å². The van der Waals surface area contributed by atoms with Gasteiger partial charge in [-0.2, -0.15) is 18.3 Å². The molecule has 0 saturated heterocycles. The molecule has 0 fully saturated rings. The Bertz CT molecular complexity index is 923. The molecule has 0 amide bonds. The smallest absolute Gasteiger partial charge is 0.393 e. The van der Waals surface area contributed by atoms with Gasteiger partial charge in [0, 0.05) is 18.9 Å². The second kappa shape index (κ2) is 7.85. The van der Waals surface area contributed by atoms with E-state index in [1.807, 2.05) is 4.90 Å². The quantitative estimate of drug-likeness (QED) is 0.672. The van der Waals surface area contributed by atoms with Gasteiger partial charge in [-0.15, -0.1) is 0 Å². The summed E-state index contributed by atoms with van der Waals surface area (Å²) in [6.45, 7) is 0.300. The molecule has 3 aromatic rings. The summed E-state index contributed by atoms with van der Waals surface area (Å²) in [4.78, 5) is 10.1. The van der Waals surface area contributed by atoms with E-state index in [1.54, 1.807) is 38.6 Å². The number of nitrogens with one attached hydrogen (secondary N) is 1. The van der Waals surface area contributed by atoms with E-state index in [1.165, 1.54) is 17.1 Å². The third-order valence-corrected chi connectivity index (χ3v) is 4.27. The lowest BCUT2D eigenvalue weighted by Gasteiger charge is -2.26. The number of halogens is 3. The lowest BCUT2D eigenvalue weighted by molar-refractivity contribution is -0.137. The van der Waals surface area contributed by atoms with Gasteiger partial charge in [0.2, 0.25) is 0 Å². The fraction of sp³-hybridized carbons (Fsp3) is 0.278. The molecule has 0 saturated carbocycles. The summed E-state index contributed by atoms with van der Waals surface area (Å²) in [5, 5.41) is 7.21. The molecule has 3 N–H and O–H groups in total. The average molecular weight is 391 g/mol. The van der Waals surface area contributed by atoms with Gasteiger partial charge < -0.3 is 16.0 Å². The normalized spacial score (nSPS) is 12.9. The van der Waals surface area contributed by atoms with Crippen LogP contribution in [0.4, 0.5) is 24.7 Å². The number of nitrogen functional groups attached to an aromatic ring is 1. The number of aromatic nitrogens is 4. The van der Waals surface area contributed by atoms with Crippen LogP contribution in [0.5, 0.6) is 0 Å². The monoisotopic (exact) mass is 391 g/mol. The van der Waals surface area contributed by atoms with Crippen LogP contribution < -0.4 is 11.1 Å². The zero-order valence-corrected chi connectivity index (χ0v) is 15.4. The first kappa shape index (κ1) is 19.6. The van der Waals surface area contributed by atoms with E-state index in [2.05, 4.69) is 20.4 Å². The molecule has 0 radical (unpaired) electrons. The van der Waals surface area contributed by atoms with Gasteiger partial charge in [-0.05, 0) is 37.9 Å². The molecule has 0 aliphatic carbocycles. The van der Waals surface area contributed by atoms with Gasteiger partial charge >= 0.3 is 6.18 Å². The van der Waals surface area contributed by atoms with E-state index in [4.69, 9.17) is 5.73 Å². The van der Waals surface area contributed by atoms with Crippen molar-refractivity contribution in [1.82, 2.24) is 24.6 Å². The molecule has 3 rings (SSSR count). The van der Waals surface area contributed by atoms with Crippen LogP contribution in [0.15, 0.2) is 49.1 Å². The molecule has 1 atom stereocenters. The highest BCUT2D eigenvalue weighted by molar-refractivity contribution is 5.68. The Morgan fingerprint density at radius 1 is 1.21 bits per heavy atom. The Morgan fingerprint density at radius 3 is 2.64 bits per heavy atom. The van der Waals surface area contributed by atoms with Crippen LogP contribution in [0.25, 0.3) is 5.82 Å². The van der Waals surface area contributed by atoms with Crippen molar-refractivity contribution in [1.29, 1.82) is 0 Å². The minimum absolute atomic E-state index is 0.299. The molecule has 1 unspecified atom stereocenters. The maximum absolute atomic E-state index is 13.0. The highest BCUT2D eigenvalue weighted by Crippen LogP contribution is 2.32. The Labute approximate surface area is 160 Å². The second-order valence-corrected chi connectivity index (χ2v) is 6.39. The Kier molecular flexibility index (Phi) is 5.50. The fourth-order valence-electron chi connectivity index (χ4n) is 2.82. The molecular weight excluding hydrogens is 371 g/mol. The summed E-state index contributed by atoms with van der Waals surface area (Å²) in [6, 6.07) is 6.70. The van der Waals surface area contributed by atoms with Crippen LogP contribution >= 0.6 is 0 Å². The van der Waals surface area contributed by atoms with Gasteiger partial charge in [0.25, 0.3) is 0 Å². The van der Waals surface area contributed by atoms with E-state index in [-0.39, 0.29) is 6.04 Å². The van der Waals surface area contributed by atoms with Crippen molar-refractivity contribution < 1.29 is 13.2 Å². The molecule has 0 bridgehead atoms. The van der Waals surface area contributed by atoms with Gasteiger partial charge in [-0.1, -0.05) is 12.1 Å². The first-order chi connectivity index (χ1) is 13.3. The molecule has 7 nitrogen and oxygen atoms in total. The van der Waals surface area contributed by atoms with Crippen molar-refractivity contribution in [3.8, 4) is 5.82 Å². The topological polar surface area (TPSA) is 84.9 Å². The van der Waals surface area contributed by atoms with E-state index in [9.17, 15) is 13.2 Å². The SMILES string of the molecule is CN(C)C(CNc1ncnc(-n2cccn2)c1N)c1cccc(C(F)(F)F)c1. The minimum Gasteiger partial charge on any atom is -0.393 e. The predicted octanol–water partition coefficient (Wildman–Crippen LogP) is 2.98. The highest BCUT2D eigenvalue weighted by Gasteiger charge is 2.31. The predicted molar refractivity (Wildman–Crippen MR) is 99.9 cm³/mol. The molecule has 2 heterocycles. The third-order valence-electron chi connectivity index (χ3n) is 4.27. The molecule has 2 aromatic heterocycles. The number of rotatable bonds is 6. The van der Waals surface area contributed by atoms with Gasteiger partial charge in [0.15, 0.2) is 11.6 Å².